The van der Waals surface area contributed by atoms with Crippen molar-refractivity contribution < 1.29 is 9.90 Å². The number of rotatable bonds is 4. The Kier molecular flexibility index (Phi) is 4.04. The van der Waals surface area contributed by atoms with E-state index >= 15 is 0 Å². The van der Waals surface area contributed by atoms with Crippen LogP contribution in [-0.4, -0.2) is 51.2 Å². The van der Waals surface area contributed by atoms with E-state index in [1.54, 1.807) is 31.0 Å². The zero-order chi connectivity index (χ0) is 15.6. The summed E-state index contributed by atoms with van der Waals surface area (Å²) in [5, 5.41) is 13.4. The number of aliphatic hydroxyl groups is 1. The van der Waals surface area contributed by atoms with E-state index in [4.69, 9.17) is 0 Å². The number of anilines is 1. The fourth-order valence-electron chi connectivity index (χ4n) is 2.50. The van der Waals surface area contributed by atoms with Crippen molar-refractivity contribution in [3.8, 4) is 0 Å². The summed E-state index contributed by atoms with van der Waals surface area (Å²) >= 11 is 1.30. The van der Waals surface area contributed by atoms with Gasteiger partial charge in [0.15, 0.2) is 0 Å². The van der Waals surface area contributed by atoms with E-state index in [2.05, 4.69) is 20.3 Å². The molecule has 0 bridgehead atoms. The maximum absolute atomic E-state index is 12.1. The highest BCUT2D eigenvalue weighted by Crippen LogP contribution is 2.24. The van der Waals surface area contributed by atoms with Crippen LogP contribution in [0.2, 0.25) is 0 Å². The van der Waals surface area contributed by atoms with Gasteiger partial charge in [-0.15, -0.1) is 11.3 Å². The van der Waals surface area contributed by atoms with Crippen molar-refractivity contribution in [1.82, 2.24) is 20.3 Å². The first-order chi connectivity index (χ1) is 10.6. The van der Waals surface area contributed by atoms with E-state index in [-0.39, 0.29) is 12.5 Å². The highest BCUT2D eigenvalue weighted by molar-refractivity contribution is 7.11. The van der Waals surface area contributed by atoms with Gasteiger partial charge in [-0.05, 0) is 13.3 Å². The van der Waals surface area contributed by atoms with Gasteiger partial charge in [0.25, 0.3) is 5.91 Å². The number of aromatic nitrogens is 3. The third kappa shape index (κ3) is 3.07. The van der Waals surface area contributed by atoms with Crippen molar-refractivity contribution >= 4 is 23.1 Å². The predicted octanol–water partition coefficient (Wildman–Crippen LogP) is 0.613. The van der Waals surface area contributed by atoms with Crippen LogP contribution in [0.4, 0.5) is 5.82 Å². The predicted molar refractivity (Wildman–Crippen MR) is 83.0 cm³/mol. The average molecular weight is 319 g/mol. The number of nitrogens with zero attached hydrogens (tertiary/aromatic N) is 4. The van der Waals surface area contributed by atoms with Gasteiger partial charge in [-0.2, -0.15) is 0 Å². The molecule has 1 unspecified atom stereocenters. The van der Waals surface area contributed by atoms with Crippen LogP contribution in [0.15, 0.2) is 24.1 Å². The Morgan fingerprint density at radius 2 is 2.36 bits per heavy atom. The van der Waals surface area contributed by atoms with Crippen LogP contribution in [0.25, 0.3) is 0 Å². The zero-order valence-corrected chi connectivity index (χ0v) is 13.0. The molecule has 1 saturated heterocycles. The summed E-state index contributed by atoms with van der Waals surface area (Å²) in [7, 11) is 0. The number of thiazole rings is 1. The summed E-state index contributed by atoms with van der Waals surface area (Å²) < 4.78 is 0. The normalized spacial score (nSPS) is 21.1. The lowest BCUT2D eigenvalue weighted by molar-refractivity contribution is 0.0576. The molecule has 1 fully saturated rings. The Balaban J connectivity index is 1.59. The molecule has 1 amide bonds. The summed E-state index contributed by atoms with van der Waals surface area (Å²) in [6.07, 6.45) is 5.49. The molecule has 22 heavy (non-hydrogen) atoms. The van der Waals surface area contributed by atoms with Crippen molar-refractivity contribution in [3.05, 3.63) is 34.7 Å². The Hall–Kier alpha value is -2.06. The van der Waals surface area contributed by atoms with Crippen LogP contribution in [0.3, 0.4) is 0 Å². The van der Waals surface area contributed by atoms with E-state index < -0.39 is 5.60 Å². The monoisotopic (exact) mass is 319 g/mol. The van der Waals surface area contributed by atoms with E-state index in [1.165, 1.54) is 11.3 Å². The maximum Gasteiger partial charge on any atom is 0.263 e. The molecule has 0 radical (unpaired) electrons. The second-order valence-corrected chi connectivity index (χ2v) is 6.26. The van der Waals surface area contributed by atoms with E-state index in [0.717, 1.165) is 5.82 Å². The van der Waals surface area contributed by atoms with Crippen molar-refractivity contribution in [2.24, 2.45) is 0 Å². The zero-order valence-electron chi connectivity index (χ0n) is 12.2. The molecule has 1 aliphatic rings. The van der Waals surface area contributed by atoms with Crippen LogP contribution < -0.4 is 10.2 Å². The van der Waals surface area contributed by atoms with Gasteiger partial charge in [0.1, 0.15) is 16.3 Å². The summed E-state index contributed by atoms with van der Waals surface area (Å²) in [4.78, 5) is 27.0. The summed E-state index contributed by atoms with van der Waals surface area (Å²) in [6.45, 7) is 3.11. The maximum atomic E-state index is 12.1. The number of hydrogen-bond acceptors (Lipinski definition) is 7. The molecular formula is C14H17N5O2S. The summed E-state index contributed by atoms with van der Waals surface area (Å²) in [6, 6.07) is 0. The first-order valence-corrected chi connectivity index (χ1v) is 7.87. The largest absolute Gasteiger partial charge is 0.386 e. The SMILES string of the molecule is Cc1ncsc1C(=O)NCC1(O)CCN(c2cnccn2)C1. The lowest BCUT2D eigenvalue weighted by Gasteiger charge is -2.24. The Morgan fingerprint density at radius 1 is 1.50 bits per heavy atom. The van der Waals surface area contributed by atoms with E-state index in [0.29, 0.717) is 30.1 Å². The topological polar surface area (TPSA) is 91.2 Å². The molecule has 0 aliphatic carbocycles. The molecule has 3 rings (SSSR count). The van der Waals surface area contributed by atoms with E-state index in [1.807, 2.05) is 4.90 Å². The van der Waals surface area contributed by atoms with Gasteiger partial charge in [-0.3, -0.25) is 9.78 Å². The third-order valence-corrected chi connectivity index (χ3v) is 4.66. The minimum atomic E-state index is -0.953. The second kappa shape index (κ2) is 5.98. The average Bonchev–Trinajstić information content (AvgIpc) is 3.13. The van der Waals surface area contributed by atoms with Gasteiger partial charge >= 0.3 is 0 Å². The number of nitrogens with one attached hydrogen (secondary N) is 1. The van der Waals surface area contributed by atoms with Crippen LogP contribution in [-0.2, 0) is 0 Å². The van der Waals surface area contributed by atoms with Gasteiger partial charge in [0.2, 0.25) is 0 Å². The molecule has 116 valence electrons. The molecule has 2 aromatic rings. The minimum Gasteiger partial charge on any atom is -0.386 e. The van der Waals surface area contributed by atoms with Gasteiger partial charge in [-0.1, -0.05) is 0 Å². The standard InChI is InChI=1S/C14H17N5O2S/c1-10-12(22-9-18-10)13(20)17-7-14(21)2-5-19(8-14)11-6-15-3-4-16-11/h3-4,6,9,21H,2,5,7-8H2,1H3,(H,17,20). The molecule has 2 N–H and O–H groups in total. The lowest BCUT2D eigenvalue weighted by atomic mass is 10.0. The Bertz CT molecular complexity index is 662. The number of β-amino-alcohol motifs (C(OH)–C–C–N with tert-alkyl or cyclic N) is 1. The molecule has 0 spiro atoms. The van der Waals surface area contributed by atoms with Crippen LogP contribution in [0.1, 0.15) is 21.8 Å². The fourth-order valence-corrected chi connectivity index (χ4v) is 3.21. The second-order valence-electron chi connectivity index (χ2n) is 5.41. The van der Waals surface area contributed by atoms with Crippen molar-refractivity contribution in [3.63, 3.8) is 0 Å². The van der Waals surface area contributed by atoms with Gasteiger partial charge < -0.3 is 15.3 Å². The van der Waals surface area contributed by atoms with Gasteiger partial charge in [0, 0.05) is 32.0 Å². The molecule has 0 aromatic carbocycles. The Morgan fingerprint density at radius 3 is 3.05 bits per heavy atom. The van der Waals surface area contributed by atoms with Gasteiger partial charge in [0.05, 0.1) is 17.4 Å². The number of amides is 1. The third-order valence-electron chi connectivity index (χ3n) is 3.74. The summed E-state index contributed by atoms with van der Waals surface area (Å²) in [5.41, 5.74) is 1.40. The van der Waals surface area contributed by atoms with Crippen molar-refractivity contribution in [1.29, 1.82) is 0 Å². The molecule has 8 heteroatoms. The molecule has 3 heterocycles. The fraction of sp³-hybridized carbons (Fsp3) is 0.429. The van der Waals surface area contributed by atoms with Crippen LogP contribution in [0.5, 0.6) is 0 Å². The highest BCUT2D eigenvalue weighted by Gasteiger charge is 2.37. The van der Waals surface area contributed by atoms with Crippen LogP contribution >= 0.6 is 11.3 Å². The number of aryl methyl sites for hydroxylation is 1. The molecular weight excluding hydrogens is 302 g/mol. The lowest BCUT2D eigenvalue weighted by Crippen LogP contribution is -2.45. The van der Waals surface area contributed by atoms with E-state index in [9.17, 15) is 9.90 Å². The van der Waals surface area contributed by atoms with Crippen molar-refractivity contribution in [2.45, 2.75) is 18.9 Å². The number of carbonyl (C=O) groups is 1. The minimum absolute atomic E-state index is 0.189. The quantitative estimate of drug-likeness (QED) is 0.858. The summed E-state index contributed by atoms with van der Waals surface area (Å²) in [5.74, 6) is 0.550. The molecule has 0 saturated carbocycles. The number of carbonyl (C=O) groups excluding carboxylic acids is 1. The first kappa shape index (κ1) is 14.9. The number of hydrogen-bond donors (Lipinski definition) is 2. The smallest absolute Gasteiger partial charge is 0.263 e. The highest BCUT2D eigenvalue weighted by atomic mass is 32.1. The Labute approximate surface area is 132 Å². The molecule has 2 aromatic heterocycles. The first-order valence-electron chi connectivity index (χ1n) is 6.99. The van der Waals surface area contributed by atoms with Crippen molar-refractivity contribution in [2.75, 3.05) is 24.5 Å². The van der Waals surface area contributed by atoms with Gasteiger partial charge in [-0.25, -0.2) is 9.97 Å². The van der Waals surface area contributed by atoms with Crippen LogP contribution in [0, 0.1) is 6.92 Å². The molecule has 7 nitrogen and oxygen atoms in total. The molecule has 1 atom stereocenters. The molecule has 1 aliphatic heterocycles.